The minimum absolute atomic E-state index is 0.183. The number of rotatable bonds is 6. The van der Waals surface area contributed by atoms with Gasteiger partial charge >= 0.3 is 5.97 Å². The van der Waals surface area contributed by atoms with Crippen LogP contribution < -0.4 is 0 Å². The van der Waals surface area contributed by atoms with Crippen molar-refractivity contribution in [2.75, 3.05) is 44.8 Å². The Labute approximate surface area is 155 Å². The lowest BCUT2D eigenvalue weighted by atomic mass is 10.2. The fourth-order valence-corrected chi connectivity index (χ4v) is 4.32. The average molecular weight is 402 g/mol. The number of benzene rings is 1. The predicted molar refractivity (Wildman–Crippen MR) is 96.7 cm³/mol. The number of hydrogen-bond donors (Lipinski definition) is 0. The summed E-state index contributed by atoms with van der Waals surface area (Å²) in [4.78, 5) is 26.3. The number of amides is 1. The highest BCUT2D eigenvalue weighted by Crippen LogP contribution is 2.15. The summed E-state index contributed by atoms with van der Waals surface area (Å²) in [7, 11) is -4.58. The van der Waals surface area contributed by atoms with E-state index in [1.165, 1.54) is 15.3 Å². The number of sulfonamides is 1. The Morgan fingerprint density at radius 3 is 2.35 bits per heavy atom. The molecule has 0 spiro atoms. The summed E-state index contributed by atoms with van der Waals surface area (Å²) in [6, 6.07) is 6.44. The summed E-state index contributed by atoms with van der Waals surface area (Å²) in [5.41, 5.74) is 0.183. The Hall–Kier alpha value is -1.78. The van der Waals surface area contributed by atoms with Gasteiger partial charge in [-0.1, -0.05) is 19.1 Å². The Morgan fingerprint density at radius 1 is 1.15 bits per heavy atom. The Balaban J connectivity index is 1.92. The van der Waals surface area contributed by atoms with Crippen molar-refractivity contribution < 1.29 is 27.0 Å². The van der Waals surface area contributed by atoms with Gasteiger partial charge in [0, 0.05) is 31.9 Å². The quantitative estimate of drug-likeness (QED) is 0.625. The molecule has 26 heavy (non-hydrogen) atoms. The Bertz CT molecular complexity index is 801. The first-order chi connectivity index (χ1) is 12.2. The summed E-state index contributed by atoms with van der Waals surface area (Å²) in [5, 5.41) is 0. The highest BCUT2D eigenvalue weighted by Gasteiger charge is 2.26. The number of carbonyl (C=O) groups excluding carboxylic acids is 2. The standard InChI is InChI=1S/C16H22N2O6S2/c1-3-25(21)14-7-5-4-6-13(14)16(20)24-12-15(19)17-8-10-18(11-9-17)26(2,22)23/h4-7H,3,8-12H2,1-2H3. The maximum Gasteiger partial charge on any atom is 0.339 e. The normalized spacial score (nSPS) is 16.9. The van der Waals surface area contributed by atoms with Gasteiger partial charge in [-0.3, -0.25) is 9.00 Å². The SMILES string of the molecule is CCS(=O)c1ccccc1C(=O)OCC(=O)N1CCN(S(C)(=O)=O)CC1. The zero-order valence-corrected chi connectivity index (χ0v) is 16.3. The maximum absolute atomic E-state index is 12.2. The lowest BCUT2D eigenvalue weighted by Gasteiger charge is -2.33. The monoisotopic (exact) mass is 402 g/mol. The zero-order chi connectivity index (χ0) is 19.3. The van der Waals surface area contributed by atoms with Crippen LogP contribution in [0.3, 0.4) is 0 Å². The summed E-state index contributed by atoms with van der Waals surface area (Å²) >= 11 is 0. The fraction of sp³-hybridized carbons (Fsp3) is 0.500. The van der Waals surface area contributed by atoms with E-state index in [9.17, 15) is 22.2 Å². The number of hydrogen-bond acceptors (Lipinski definition) is 6. The molecule has 1 fully saturated rings. The van der Waals surface area contributed by atoms with Gasteiger partial charge in [-0.25, -0.2) is 13.2 Å². The Morgan fingerprint density at radius 2 is 1.77 bits per heavy atom. The molecule has 0 aliphatic carbocycles. The van der Waals surface area contributed by atoms with E-state index in [1.807, 2.05) is 0 Å². The van der Waals surface area contributed by atoms with Crippen LogP contribution in [0.15, 0.2) is 29.2 Å². The van der Waals surface area contributed by atoms with E-state index in [1.54, 1.807) is 25.1 Å². The minimum atomic E-state index is -3.27. The third kappa shape index (κ3) is 5.12. The van der Waals surface area contributed by atoms with Gasteiger partial charge < -0.3 is 9.64 Å². The molecule has 1 saturated heterocycles. The number of ether oxygens (including phenoxy) is 1. The molecule has 2 rings (SSSR count). The molecule has 1 unspecified atom stereocenters. The molecule has 1 aromatic rings. The second-order valence-electron chi connectivity index (χ2n) is 5.75. The molecule has 0 bridgehead atoms. The van der Waals surface area contributed by atoms with Gasteiger partial charge in [0.1, 0.15) is 0 Å². The second-order valence-corrected chi connectivity index (χ2v) is 9.44. The molecule has 0 N–H and O–H groups in total. The smallest absolute Gasteiger partial charge is 0.339 e. The third-order valence-electron chi connectivity index (χ3n) is 4.00. The molecule has 0 aromatic heterocycles. The van der Waals surface area contributed by atoms with E-state index < -0.39 is 33.4 Å². The molecule has 8 nitrogen and oxygen atoms in total. The lowest BCUT2D eigenvalue weighted by molar-refractivity contribution is -0.135. The summed E-state index contributed by atoms with van der Waals surface area (Å²) in [5.74, 6) is -0.723. The van der Waals surface area contributed by atoms with Crippen molar-refractivity contribution in [3.05, 3.63) is 29.8 Å². The third-order valence-corrected chi connectivity index (χ3v) is 6.68. The average Bonchev–Trinajstić information content (AvgIpc) is 2.64. The molecule has 1 heterocycles. The van der Waals surface area contributed by atoms with Crippen LogP contribution in [0.1, 0.15) is 17.3 Å². The molecular formula is C16H22N2O6S2. The number of carbonyl (C=O) groups is 2. The van der Waals surface area contributed by atoms with Gasteiger partial charge in [0.15, 0.2) is 6.61 Å². The van der Waals surface area contributed by atoms with E-state index in [4.69, 9.17) is 4.74 Å². The van der Waals surface area contributed by atoms with Crippen molar-refractivity contribution in [3.8, 4) is 0 Å². The van der Waals surface area contributed by atoms with Gasteiger partial charge in [-0.15, -0.1) is 0 Å². The molecule has 1 aliphatic rings. The molecule has 1 amide bonds. The van der Waals surface area contributed by atoms with Crippen LogP contribution in [0.4, 0.5) is 0 Å². The van der Waals surface area contributed by atoms with Gasteiger partial charge in [-0.2, -0.15) is 4.31 Å². The summed E-state index contributed by atoms with van der Waals surface area (Å²) in [6.07, 6.45) is 1.13. The lowest BCUT2D eigenvalue weighted by Crippen LogP contribution is -2.51. The van der Waals surface area contributed by atoms with Crippen LogP contribution >= 0.6 is 0 Å². The molecule has 144 valence electrons. The van der Waals surface area contributed by atoms with Crippen LogP contribution in [0, 0.1) is 0 Å². The molecule has 0 radical (unpaired) electrons. The van der Waals surface area contributed by atoms with E-state index in [0.29, 0.717) is 10.6 Å². The van der Waals surface area contributed by atoms with Crippen LogP contribution in [-0.4, -0.2) is 78.5 Å². The first kappa shape index (κ1) is 20.5. The summed E-state index contributed by atoms with van der Waals surface area (Å²) < 4.78 is 41.3. The highest BCUT2D eigenvalue weighted by atomic mass is 32.2. The Kier molecular flexibility index (Phi) is 6.90. The topological polar surface area (TPSA) is 101 Å². The zero-order valence-electron chi connectivity index (χ0n) is 14.7. The van der Waals surface area contributed by atoms with Crippen LogP contribution in [0.2, 0.25) is 0 Å². The van der Waals surface area contributed by atoms with Crippen LogP contribution in [0.5, 0.6) is 0 Å². The molecule has 1 aromatic carbocycles. The van der Waals surface area contributed by atoms with Crippen molar-refractivity contribution in [2.45, 2.75) is 11.8 Å². The highest BCUT2D eigenvalue weighted by molar-refractivity contribution is 7.88. The fourth-order valence-electron chi connectivity index (χ4n) is 2.55. The first-order valence-corrected chi connectivity index (χ1v) is 11.3. The van der Waals surface area contributed by atoms with E-state index in [2.05, 4.69) is 0 Å². The molecule has 1 atom stereocenters. The first-order valence-electron chi connectivity index (χ1n) is 8.11. The van der Waals surface area contributed by atoms with Crippen LogP contribution in [0.25, 0.3) is 0 Å². The van der Waals surface area contributed by atoms with Crippen molar-refractivity contribution in [2.24, 2.45) is 0 Å². The maximum atomic E-state index is 12.2. The number of nitrogens with zero attached hydrogens (tertiary/aromatic N) is 2. The largest absolute Gasteiger partial charge is 0.452 e. The molecule has 1 aliphatic heterocycles. The predicted octanol–water partition coefficient (Wildman–Crippen LogP) is 0.0747. The van der Waals surface area contributed by atoms with Crippen LogP contribution in [-0.2, 0) is 30.4 Å². The van der Waals surface area contributed by atoms with Gasteiger partial charge in [0.2, 0.25) is 10.0 Å². The van der Waals surface area contributed by atoms with Crippen molar-refractivity contribution >= 4 is 32.7 Å². The van der Waals surface area contributed by atoms with Crippen molar-refractivity contribution in [1.29, 1.82) is 0 Å². The number of esters is 1. The molecule has 10 heteroatoms. The molecule has 0 saturated carbocycles. The molecular weight excluding hydrogens is 380 g/mol. The second kappa shape index (κ2) is 8.74. The summed E-state index contributed by atoms with van der Waals surface area (Å²) in [6.45, 7) is 2.25. The van der Waals surface area contributed by atoms with Gasteiger partial charge in [-0.05, 0) is 12.1 Å². The van der Waals surface area contributed by atoms with Gasteiger partial charge in [0.25, 0.3) is 5.91 Å². The van der Waals surface area contributed by atoms with E-state index in [0.717, 1.165) is 6.26 Å². The van der Waals surface area contributed by atoms with E-state index in [-0.39, 0.29) is 37.6 Å². The van der Waals surface area contributed by atoms with Crippen molar-refractivity contribution in [1.82, 2.24) is 9.21 Å². The number of piperazine rings is 1. The van der Waals surface area contributed by atoms with Crippen molar-refractivity contribution in [3.63, 3.8) is 0 Å². The van der Waals surface area contributed by atoms with E-state index >= 15 is 0 Å². The van der Waals surface area contributed by atoms with Gasteiger partial charge in [0.05, 0.1) is 27.5 Å². The minimum Gasteiger partial charge on any atom is -0.452 e.